The second-order valence-electron chi connectivity index (χ2n) is 7.42. The summed E-state index contributed by atoms with van der Waals surface area (Å²) in [4.78, 5) is 25.4. The van der Waals surface area contributed by atoms with Crippen LogP contribution in [0, 0.1) is 13.8 Å². The van der Waals surface area contributed by atoms with Gasteiger partial charge in [-0.25, -0.2) is 15.0 Å². The maximum atomic E-state index is 12.4. The Bertz CT molecular complexity index is 1240. The number of benzene rings is 2. The number of hydrogen-bond acceptors (Lipinski definition) is 7. The Morgan fingerprint density at radius 1 is 0.788 bits per heavy atom. The van der Waals surface area contributed by atoms with E-state index in [2.05, 4.69) is 30.9 Å². The van der Waals surface area contributed by atoms with Gasteiger partial charge in [-0.05, 0) is 56.3 Å². The second-order valence-corrected chi connectivity index (χ2v) is 7.42. The predicted octanol–water partition coefficient (Wildman–Crippen LogP) is 5.24. The molecule has 1 amide bonds. The molecule has 33 heavy (non-hydrogen) atoms. The topological polar surface area (TPSA) is 101 Å². The first-order valence-corrected chi connectivity index (χ1v) is 10.4. The number of anilines is 5. The van der Waals surface area contributed by atoms with Gasteiger partial charge in [0.25, 0.3) is 5.91 Å². The molecule has 0 aliphatic heterocycles. The van der Waals surface area contributed by atoms with E-state index in [4.69, 9.17) is 4.74 Å². The van der Waals surface area contributed by atoms with Crippen LogP contribution in [0.2, 0.25) is 0 Å². The van der Waals surface area contributed by atoms with Gasteiger partial charge in [0.15, 0.2) is 0 Å². The van der Waals surface area contributed by atoms with Crippen LogP contribution in [0.15, 0.2) is 72.9 Å². The van der Waals surface area contributed by atoms with Crippen LogP contribution in [0.1, 0.15) is 21.7 Å². The molecule has 0 unspecified atom stereocenters. The van der Waals surface area contributed by atoms with Gasteiger partial charge in [0.2, 0.25) is 5.88 Å². The van der Waals surface area contributed by atoms with E-state index in [0.29, 0.717) is 34.6 Å². The fourth-order valence-corrected chi connectivity index (χ4v) is 3.10. The molecular weight excluding hydrogens is 416 g/mol. The molecule has 8 nitrogen and oxygen atoms in total. The summed E-state index contributed by atoms with van der Waals surface area (Å²) in [7, 11) is 1.53. The van der Waals surface area contributed by atoms with Crippen molar-refractivity contribution in [3.63, 3.8) is 0 Å². The molecule has 2 heterocycles. The number of ether oxygens (including phenoxy) is 1. The molecule has 3 N–H and O–H groups in total. The number of nitrogens with one attached hydrogen (secondary N) is 3. The van der Waals surface area contributed by atoms with Crippen LogP contribution in [-0.2, 0) is 0 Å². The lowest BCUT2D eigenvalue weighted by atomic mass is 10.2. The van der Waals surface area contributed by atoms with Gasteiger partial charge in [0.05, 0.1) is 12.7 Å². The first-order chi connectivity index (χ1) is 16.0. The Morgan fingerprint density at radius 2 is 1.36 bits per heavy atom. The zero-order valence-corrected chi connectivity index (χ0v) is 18.6. The molecule has 4 rings (SSSR count). The minimum atomic E-state index is -0.246. The number of carbonyl (C=O) groups is 1. The Labute approximate surface area is 192 Å². The standard InChI is InChI=1S/C25H24N6O2/c1-16-4-7-19(8-5-16)29-22-14-23(28-17(2)27-22)30-20-9-11-21(12-10-20)31-25(32)18-6-13-24(33-3)26-15-18/h4-15H,1-3H3,(H,31,32)(H2,27,28,29,30). The zero-order valence-electron chi connectivity index (χ0n) is 18.6. The van der Waals surface area contributed by atoms with Crippen LogP contribution >= 0.6 is 0 Å². The zero-order chi connectivity index (χ0) is 23.2. The highest BCUT2D eigenvalue weighted by Gasteiger charge is 2.08. The molecule has 2 aromatic carbocycles. The fourth-order valence-electron chi connectivity index (χ4n) is 3.10. The fraction of sp³-hybridized carbons (Fsp3) is 0.120. The number of aryl methyl sites for hydroxylation is 2. The van der Waals surface area contributed by atoms with Gasteiger partial charge in [-0.3, -0.25) is 4.79 Å². The van der Waals surface area contributed by atoms with E-state index in [9.17, 15) is 4.79 Å². The van der Waals surface area contributed by atoms with Crippen molar-refractivity contribution in [2.75, 3.05) is 23.1 Å². The highest BCUT2D eigenvalue weighted by atomic mass is 16.5. The maximum absolute atomic E-state index is 12.4. The molecule has 8 heteroatoms. The van der Waals surface area contributed by atoms with Gasteiger partial charge in [0.1, 0.15) is 17.5 Å². The van der Waals surface area contributed by atoms with Gasteiger partial charge in [0, 0.05) is 35.4 Å². The number of carbonyl (C=O) groups excluding carboxylic acids is 1. The first kappa shape index (κ1) is 21.8. The van der Waals surface area contributed by atoms with Crippen molar-refractivity contribution in [3.8, 4) is 5.88 Å². The van der Waals surface area contributed by atoms with E-state index >= 15 is 0 Å². The van der Waals surface area contributed by atoms with Gasteiger partial charge in [-0.1, -0.05) is 17.7 Å². The Hall–Kier alpha value is -4.46. The van der Waals surface area contributed by atoms with Gasteiger partial charge in [-0.15, -0.1) is 0 Å². The Kier molecular flexibility index (Phi) is 6.45. The average Bonchev–Trinajstić information content (AvgIpc) is 2.81. The van der Waals surface area contributed by atoms with Gasteiger partial charge < -0.3 is 20.7 Å². The molecule has 0 saturated carbocycles. The summed E-state index contributed by atoms with van der Waals surface area (Å²) in [6, 6.07) is 20.6. The summed E-state index contributed by atoms with van der Waals surface area (Å²) in [5, 5.41) is 9.43. The normalized spacial score (nSPS) is 10.4. The summed E-state index contributed by atoms with van der Waals surface area (Å²) in [5.74, 6) is 2.22. The highest BCUT2D eigenvalue weighted by molar-refractivity contribution is 6.04. The third-order valence-electron chi connectivity index (χ3n) is 4.78. The van der Waals surface area contributed by atoms with Crippen molar-refractivity contribution < 1.29 is 9.53 Å². The van der Waals surface area contributed by atoms with E-state index < -0.39 is 0 Å². The lowest BCUT2D eigenvalue weighted by molar-refractivity contribution is 0.102. The molecule has 0 aliphatic rings. The van der Waals surface area contributed by atoms with E-state index in [1.807, 2.05) is 68.4 Å². The van der Waals surface area contributed by atoms with Crippen molar-refractivity contribution in [3.05, 3.63) is 89.9 Å². The molecule has 0 aliphatic carbocycles. The van der Waals surface area contributed by atoms with Crippen molar-refractivity contribution >= 4 is 34.6 Å². The number of pyridine rings is 1. The molecule has 4 aromatic rings. The maximum Gasteiger partial charge on any atom is 0.257 e. The average molecular weight is 441 g/mol. The van der Waals surface area contributed by atoms with Crippen molar-refractivity contribution in [2.24, 2.45) is 0 Å². The molecule has 0 fully saturated rings. The molecule has 166 valence electrons. The van der Waals surface area contributed by atoms with E-state index in [0.717, 1.165) is 11.4 Å². The first-order valence-electron chi connectivity index (χ1n) is 10.4. The van der Waals surface area contributed by atoms with Crippen molar-refractivity contribution in [1.82, 2.24) is 15.0 Å². The summed E-state index contributed by atoms with van der Waals surface area (Å²) in [5.41, 5.74) is 4.10. The van der Waals surface area contributed by atoms with Gasteiger partial charge >= 0.3 is 0 Å². The Morgan fingerprint density at radius 3 is 1.91 bits per heavy atom. The highest BCUT2D eigenvalue weighted by Crippen LogP contribution is 2.22. The number of nitrogens with zero attached hydrogens (tertiary/aromatic N) is 3. The van der Waals surface area contributed by atoms with Crippen molar-refractivity contribution in [1.29, 1.82) is 0 Å². The molecule has 0 spiro atoms. The van der Waals surface area contributed by atoms with Crippen molar-refractivity contribution in [2.45, 2.75) is 13.8 Å². The molecule has 0 bridgehead atoms. The molecule has 0 radical (unpaired) electrons. The molecule has 0 atom stereocenters. The van der Waals surface area contributed by atoms with E-state index in [-0.39, 0.29) is 5.91 Å². The third-order valence-corrected chi connectivity index (χ3v) is 4.78. The quantitative estimate of drug-likeness (QED) is 0.361. The predicted molar refractivity (Wildman–Crippen MR) is 130 cm³/mol. The van der Waals surface area contributed by atoms with E-state index in [1.54, 1.807) is 12.1 Å². The number of aromatic nitrogens is 3. The van der Waals surface area contributed by atoms with Crippen LogP contribution in [-0.4, -0.2) is 28.0 Å². The largest absolute Gasteiger partial charge is 0.481 e. The number of methoxy groups -OCH3 is 1. The minimum Gasteiger partial charge on any atom is -0.481 e. The SMILES string of the molecule is COc1ccc(C(=O)Nc2ccc(Nc3cc(Nc4ccc(C)cc4)nc(C)n3)cc2)cn1. The van der Waals surface area contributed by atoms with Crippen LogP contribution in [0.5, 0.6) is 5.88 Å². The lowest BCUT2D eigenvalue weighted by Crippen LogP contribution is -2.12. The lowest BCUT2D eigenvalue weighted by Gasteiger charge is -2.11. The second kappa shape index (κ2) is 9.78. The Balaban J connectivity index is 1.41. The number of hydrogen-bond donors (Lipinski definition) is 3. The van der Waals surface area contributed by atoms with Crippen LogP contribution in [0.3, 0.4) is 0 Å². The van der Waals surface area contributed by atoms with Gasteiger partial charge in [-0.2, -0.15) is 0 Å². The number of amides is 1. The molecular formula is C25H24N6O2. The van der Waals surface area contributed by atoms with Crippen LogP contribution < -0.4 is 20.7 Å². The summed E-state index contributed by atoms with van der Waals surface area (Å²) >= 11 is 0. The molecule has 2 aromatic heterocycles. The minimum absolute atomic E-state index is 0.246. The third kappa shape index (κ3) is 5.82. The summed E-state index contributed by atoms with van der Waals surface area (Å²) in [6.45, 7) is 3.89. The van der Waals surface area contributed by atoms with Crippen LogP contribution in [0.25, 0.3) is 0 Å². The monoisotopic (exact) mass is 440 g/mol. The summed E-state index contributed by atoms with van der Waals surface area (Å²) in [6.07, 6.45) is 1.48. The molecule has 0 saturated heterocycles. The van der Waals surface area contributed by atoms with E-state index in [1.165, 1.54) is 18.9 Å². The summed E-state index contributed by atoms with van der Waals surface area (Å²) < 4.78 is 5.02. The van der Waals surface area contributed by atoms with Crippen LogP contribution in [0.4, 0.5) is 28.7 Å². The number of rotatable bonds is 7. The smallest absolute Gasteiger partial charge is 0.257 e.